The smallest absolute Gasteiger partial charge is 0.414 e. The van der Waals surface area contributed by atoms with Crippen molar-refractivity contribution in [3.05, 3.63) is 64.1 Å². The number of anilines is 1. The maximum Gasteiger partial charge on any atom is 0.414 e. The molecule has 0 saturated carbocycles. The lowest BCUT2D eigenvalue weighted by Crippen LogP contribution is -2.47. The van der Waals surface area contributed by atoms with E-state index in [1.54, 1.807) is 78.8 Å². The molecule has 4 N–H and O–H groups in total. The second-order valence-corrected chi connectivity index (χ2v) is 13.6. The highest BCUT2D eigenvalue weighted by Crippen LogP contribution is 2.11. The minimum atomic E-state index is -3.88. The number of aromatic nitrogens is 1. The van der Waals surface area contributed by atoms with E-state index in [-0.39, 0.29) is 43.5 Å². The van der Waals surface area contributed by atoms with E-state index in [2.05, 4.69) is 25.8 Å². The molecule has 0 spiro atoms. The Kier molecular flexibility index (Phi) is 12.9. The number of hydrogen-bond acceptors (Lipinski definition) is 10. The van der Waals surface area contributed by atoms with Gasteiger partial charge in [-0.15, -0.1) is 0 Å². The molecule has 248 valence electrons. The summed E-state index contributed by atoms with van der Waals surface area (Å²) in [6.07, 6.45) is -1.49. The van der Waals surface area contributed by atoms with Crippen molar-refractivity contribution in [3.63, 3.8) is 0 Å². The first-order valence-electron chi connectivity index (χ1n) is 14.0. The molecule has 16 heteroatoms. The molecule has 0 aliphatic carbocycles. The maximum atomic E-state index is 13.0. The molecule has 2 aromatic rings. The van der Waals surface area contributed by atoms with E-state index in [1.165, 1.54) is 12.1 Å². The Morgan fingerprint density at radius 2 is 1.47 bits per heavy atom. The standard InChI is InChI=1S/C29H42N6O9S/c1-20-14-15-22(34-45(40,41)19-21-12-9-8-10-13-21)24(37)35(20)18-23(36)30-16-11-17-42-33-25(31-26(38)43-28(2,3)4)32-27(39)44-29(5,6)7/h8-10,12-15,34H,11,16-19H2,1-7H3,(H,30,36)(H2,31,32,33,38,39). The fourth-order valence-corrected chi connectivity index (χ4v) is 4.69. The van der Waals surface area contributed by atoms with E-state index in [0.717, 1.165) is 4.57 Å². The lowest BCUT2D eigenvalue weighted by molar-refractivity contribution is -0.121. The van der Waals surface area contributed by atoms with Gasteiger partial charge in [-0.2, -0.15) is 0 Å². The van der Waals surface area contributed by atoms with Gasteiger partial charge in [0.2, 0.25) is 15.9 Å². The number of ether oxygens (including phenoxy) is 2. The van der Waals surface area contributed by atoms with Gasteiger partial charge in [-0.3, -0.25) is 24.9 Å². The second-order valence-electron chi connectivity index (χ2n) is 11.9. The van der Waals surface area contributed by atoms with Gasteiger partial charge < -0.3 is 24.2 Å². The first-order valence-corrected chi connectivity index (χ1v) is 15.7. The summed E-state index contributed by atoms with van der Waals surface area (Å²) < 4.78 is 39.0. The van der Waals surface area contributed by atoms with Gasteiger partial charge in [0.15, 0.2) is 0 Å². The molecular formula is C29H42N6O9S. The third kappa shape index (κ3) is 14.6. The van der Waals surface area contributed by atoms with Crippen LogP contribution in [0.15, 0.2) is 52.4 Å². The number of oxime groups is 1. The number of nitrogens with zero attached hydrogens (tertiary/aromatic N) is 2. The van der Waals surface area contributed by atoms with Gasteiger partial charge in [-0.25, -0.2) is 18.0 Å². The summed E-state index contributed by atoms with van der Waals surface area (Å²) in [5.74, 6) is -1.17. The van der Waals surface area contributed by atoms with Crippen LogP contribution in [-0.4, -0.2) is 61.4 Å². The normalized spacial score (nSPS) is 11.5. The predicted octanol–water partition coefficient (Wildman–Crippen LogP) is 2.94. The van der Waals surface area contributed by atoms with Crippen molar-refractivity contribution >= 4 is 39.8 Å². The Morgan fingerprint density at radius 3 is 2.02 bits per heavy atom. The van der Waals surface area contributed by atoms with E-state index >= 15 is 0 Å². The first-order chi connectivity index (χ1) is 20.8. The van der Waals surface area contributed by atoms with Crippen LogP contribution in [0.25, 0.3) is 0 Å². The predicted molar refractivity (Wildman–Crippen MR) is 168 cm³/mol. The SMILES string of the molecule is Cc1ccc(NS(=O)(=O)Cc2ccccc2)c(=O)n1CC(=O)NCCCON=C(NC(=O)OC(C)(C)C)NC(=O)OC(C)(C)C. The Balaban J connectivity index is 1.92. The lowest BCUT2D eigenvalue weighted by Gasteiger charge is -2.21. The highest BCUT2D eigenvalue weighted by Gasteiger charge is 2.22. The summed E-state index contributed by atoms with van der Waals surface area (Å²) in [7, 11) is -3.88. The van der Waals surface area contributed by atoms with Crippen molar-refractivity contribution in [2.45, 2.75) is 78.4 Å². The zero-order chi connectivity index (χ0) is 33.8. The fraction of sp³-hybridized carbons (Fsp3) is 0.483. The first kappa shape index (κ1) is 36.6. The number of pyridine rings is 1. The second kappa shape index (κ2) is 15.9. The van der Waals surface area contributed by atoms with E-state index < -0.39 is 44.9 Å². The summed E-state index contributed by atoms with van der Waals surface area (Å²) in [6.45, 7) is 11.4. The van der Waals surface area contributed by atoms with Gasteiger partial charge in [-0.1, -0.05) is 30.3 Å². The van der Waals surface area contributed by atoms with Crippen LogP contribution in [-0.2, 0) is 41.4 Å². The van der Waals surface area contributed by atoms with Crippen LogP contribution in [0.1, 0.15) is 59.2 Å². The molecule has 0 unspecified atom stereocenters. The Bertz CT molecular complexity index is 1490. The number of aryl methyl sites for hydroxylation is 1. The summed E-state index contributed by atoms with van der Waals surface area (Å²) in [6, 6.07) is 11.4. The monoisotopic (exact) mass is 650 g/mol. The van der Waals surface area contributed by atoms with Crippen molar-refractivity contribution in [1.82, 2.24) is 20.5 Å². The average Bonchev–Trinajstić information content (AvgIpc) is 2.88. The molecule has 1 heterocycles. The molecule has 45 heavy (non-hydrogen) atoms. The number of benzene rings is 1. The average molecular weight is 651 g/mol. The van der Waals surface area contributed by atoms with E-state index in [0.29, 0.717) is 11.3 Å². The molecule has 2 rings (SSSR count). The highest BCUT2D eigenvalue weighted by atomic mass is 32.2. The van der Waals surface area contributed by atoms with Crippen molar-refractivity contribution in [1.29, 1.82) is 0 Å². The molecule has 0 atom stereocenters. The summed E-state index contributed by atoms with van der Waals surface area (Å²) >= 11 is 0. The molecule has 0 bridgehead atoms. The number of nitrogens with one attached hydrogen (secondary N) is 4. The minimum Gasteiger partial charge on any atom is -0.444 e. The number of carbonyl (C=O) groups excluding carboxylic acids is 3. The molecular weight excluding hydrogens is 608 g/mol. The third-order valence-corrected chi connectivity index (χ3v) is 6.53. The van der Waals surface area contributed by atoms with Crippen LogP contribution >= 0.6 is 0 Å². The molecule has 15 nitrogen and oxygen atoms in total. The molecule has 1 aromatic heterocycles. The van der Waals surface area contributed by atoms with Crippen LogP contribution < -0.4 is 26.2 Å². The third-order valence-electron chi connectivity index (χ3n) is 5.29. The zero-order valence-corrected chi connectivity index (χ0v) is 27.4. The number of amides is 3. The molecule has 3 amide bonds. The van der Waals surface area contributed by atoms with Crippen LogP contribution in [0.2, 0.25) is 0 Å². The van der Waals surface area contributed by atoms with Gasteiger partial charge in [0.25, 0.3) is 11.5 Å². The van der Waals surface area contributed by atoms with Crippen LogP contribution in [0.4, 0.5) is 15.3 Å². The van der Waals surface area contributed by atoms with Gasteiger partial charge in [0.05, 0.1) is 5.75 Å². The Labute approximate surface area is 262 Å². The van der Waals surface area contributed by atoms with Gasteiger partial charge in [-0.05, 0) is 71.3 Å². The highest BCUT2D eigenvalue weighted by molar-refractivity contribution is 7.91. The van der Waals surface area contributed by atoms with Crippen molar-refractivity contribution in [2.24, 2.45) is 5.16 Å². The van der Waals surface area contributed by atoms with E-state index in [4.69, 9.17) is 14.3 Å². The number of carbonyl (C=O) groups is 3. The van der Waals surface area contributed by atoms with Gasteiger partial charge in [0.1, 0.15) is 30.0 Å². The Morgan fingerprint density at radius 1 is 0.889 bits per heavy atom. The van der Waals surface area contributed by atoms with Crippen molar-refractivity contribution in [3.8, 4) is 0 Å². The van der Waals surface area contributed by atoms with Crippen LogP contribution in [0.5, 0.6) is 0 Å². The van der Waals surface area contributed by atoms with Crippen LogP contribution in [0.3, 0.4) is 0 Å². The lowest BCUT2D eigenvalue weighted by atomic mass is 10.2. The Hall–Kier alpha value is -4.60. The number of sulfonamides is 1. The number of alkyl carbamates (subject to hydrolysis) is 2. The number of guanidine groups is 1. The molecule has 0 aliphatic heterocycles. The number of hydrogen-bond donors (Lipinski definition) is 4. The molecule has 0 fully saturated rings. The number of rotatable bonds is 11. The quantitative estimate of drug-likeness (QED) is 0.122. The molecule has 0 radical (unpaired) electrons. The largest absolute Gasteiger partial charge is 0.444 e. The van der Waals surface area contributed by atoms with Crippen molar-refractivity contribution in [2.75, 3.05) is 17.9 Å². The van der Waals surface area contributed by atoms with E-state index in [9.17, 15) is 27.6 Å². The summed E-state index contributed by atoms with van der Waals surface area (Å²) in [5.41, 5.74) is -1.43. The zero-order valence-electron chi connectivity index (χ0n) is 26.6. The minimum absolute atomic E-state index is 0.0204. The van der Waals surface area contributed by atoms with Gasteiger partial charge >= 0.3 is 12.2 Å². The molecule has 0 saturated heterocycles. The summed E-state index contributed by atoms with van der Waals surface area (Å²) in [4.78, 5) is 55.0. The maximum absolute atomic E-state index is 13.0. The van der Waals surface area contributed by atoms with E-state index in [1.807, 2.05) is 0 Å². The summed E-state index contributed by atoms with van der Waals surface area (Å²) in [5, 5.41) is 10.9. The fourth-order valence-electron chi connectivity index (χ4n) is 3.49. The molecule has 0 aliphatic rings. The van der Waals surface area contributed by atoms with Crippen LogP contribution in [0, 0.1) is 6.92 Å². The topological polar surface area (TPSA) is 196 Å². The van der Waals surface area contributed by atoms with Crippen molar-refractivity contribution < 1.29 is 37.1 Å². The van der Waals surface area contributed by atoms with Gasteiger partial charge in [0, 0.05) is 18.7 Å². The molecule has 1 aromatic carbocycles.